The van der Waals surface area contributed by atoms with Gasteiger partial charge in [0.25, 0.3) is 0 Å². The van der Waals surface area contributed by atoms with Gasteiger partial charge in [0, 0.05) is 11.7 Å². The first kappa shape index (κ1) is 14.9. The summed E-state index contributed by atoms with van der Waals surface area (Å²) < 4.78 is 0. The van der Waals surface area contributed by atoms with E-state index in [1.165, 1.54) is 19.3 Å². The van der Waals surface area contributed by atoms with E-state index >= 15 is 0 Å². The van der Waals surface area contributed by atoms with Gasteiger partial charge in [-0.15, -0.1) is 0 Å². The van der Waals surface area contributed by atoms with Gasteiger partial charge in [-0.3, -0.25) is 4.79 Å². The quantitative estimate of drug-likeness (QED) is 0.884. The molecule has 3 nitrogen and oxygen atoms in total. The summed E-state index contributed by atoms with van der Waals surface area (Å²) in [5.74, 6) is 0.401. The molecule has 0 bridgehead atoms. The summed E-state index contributed by atoms with van der Waals surface area (Å²) in [5.41, 5.74) is 7.78. The van der Waals surface area contributed by atoms with Crippen molar-refractivity contribution < 1.29 is 4.79 Å². The highest BCUT2D eigenvalue weighted by Gasteiger charge is 2.32. The molecule has 0 heterocycles. The third kappa shape index (κ3) is 3.99. The van der Waals surface area contributed by atoms with Crippen LogP contribution >= 0.6 is 0 Å². The largest absolute Gasteiger partial charge is 0.382 e. The van der Waals surface area contributed by atoms with E-state index in [-0.39, 0.29) is 5.91 Å². The maximum atomic E-state index is 10.9. The number of rotatable bonds is 4. The maximum absolute atomic E-state index is 10.9. The highest BCUT2D eigenvalue weighted by atomic mass is 16.1. The summed E-state index contributed by atoms with van der Waals surface area (Å²) in [7, 11) is 0. The lowest BCUT2D eigenvalue weighted by atomic mass is 9.70. The summed E-state index contributed by atoms with van der Waals surface area (Å²) in [4.78, 5) is 10.9. The van der Waals surface area contributed by atoms with Crippen LogP contribution in [0, 0.1) is 11.3 Å². The van der Waals surface area contributed by atoms with E-state index in [0.29, 0.717) is 23.8 Å². The molecule has 0 aromatic heterocycles. The molecule has 1 aliphatic rings. The number of nitrogens with two attached hydrogens (primary N) is 1. The molecule has 1 saturated carbocycles. The predicted molar refractivity (Wildman–Crippen MR) is 83.5 cm³/mol. The lowest BCUT2D eigenvalue weighted by Crippen LogP contribution is -2.36. The Balaban J connectivity index is 1.95. The number of hydrogen-bond donors (Lipinski definition) is 2. The number of primary amides is 1. The van der Waals surface area contributed by atoms with Crippen molar-refractivity contribution in [2.45, 2.75) is 52.5 Å². The summed E-state index contributed by atoms with van der Waals surface area (Å²) in [6.07, 6.45) is 4.07. The van der Waals surface area contributed by atoms with Gasteiger partial charge < -0.3 is 11.1 Å². The number of carbonyl (C=O) groups excluding carboxylic acids is 1. The molecule has 1 aromatic rings. The molecule has 1 aliphatic carbocycles. The molecule has 2 rings (SSSR count). The summed E-state index contributed by atoms with van der Waals surface area (Å²) in [5, 5.41) is 3.63. The Morgan fingerprint density at radius 3 is 2.55 bits per heavy atom. The first-order valence-electron chi connectivity index (χ1n) is 7.49. The van der Waals surface area contributed by atoms with Gasteiger partial charge in [0.1, 0.15) is 0 Å². The summed E-state index contributed by atoms with van der Waals surface area (Å²) in [6.45, 7) is 7.05. The third-order valence-electron chi connectivity index (χ3n) is 4.38. The Morgan fingerprint density at radius 2 is 2.00 bits per heavy atom. The minimum Gasteiger partial charge on any atom is -0.382 e. The zero-order chi connectivity index (χ0) is 14.8. The van der Waals surface area contributed by atoms with Gasteiger partial charge in [0.05, 0.1) is 6.42 Å². The monoisotopic (exact) mass is 274 g/mol. The summed E-state index contributed by atoms with van der Waals surface area (Å²) in [6, 6.07) is 8.59. The predicted octanol–water partition coefficient (Wildman–Crippen LogP) is 3.34. The maximum Gasteiger partial charge on any atom is 0.221 e. The molecule has 1 fully saturated rings. The number of hydrogen-bond acceptors (Lipinski definition) is 2. The standard InChI is InChI=1S/C17H26N2O/c1-12-11-17(2,3)9-8-15(12)19-14-6-4-13(5-7-14)10-16(18)20/h4-7,12,15,19H,8-11H2,1-3H3,(H2,18,20). The minimum atomic E-state index is -0.283. The molecule has 0 aliphatic heterocycles. The molecular formula is C17H26N2O. The van der Waals surface area contributed by atoms with Crippen molar-refractivity contribution in [3.63, 3.8) is 0 Å². The van der Waals surface area contributed by atoms with Gasteiger partial charge in [-0.2, -0.15) is 0 Å². The highest BCUT2D eigenvalue weighted by molar-refractivity contribution is 5.76. The van der Waals surface area contributed by atoms with Crippen molar-refractivity contribution in [1.82, 2.24) is 0 Å². The molecule has 0 spiro atoms. The molecule has 2 atom stereocenters. The topological polar surface area (TPSA) is 55.1 Å². The number of nitrogens with one attached hydrogen (secondary N) is 1. The highest BCUT2D eigenvalue weighted by Crippen LogP contribution is 2.39. The van der Waals surface area contributed by atoms with Crippen molar-refractivity contribution in [1.29, 1.82) is 0 Å². The van der Waals surface area contributed by atoms with Crippen LogP contribution in [0.25, 0.3) is 0 Å². The van der Waals surface area contributed by atoms with Crippen LogP contribution in [0.1, 0.15) is 45.6 Å². The molecule has 1 amide bonds. The number of benzene rings is 1. The van der Waals surface area contributed by atoms with Gasteiger partial charge >= 0.3 is 0 Å². The second-order valence-electron chi connectivity index (χ2n) is 6.98. The van der Waals surface area contributed by atoms with Crippen molar-refractivity contribution in [2.75, 3.05) is 5.32 Å². The fourth-order valence-corrected chi connectivity index (χ4v) is 3.30. The molecular weight excluding hydrogens is 248 g/mol. The van der Waals surface area contributed by atoms with Crippen molar-refractivity contribution in [3.05, 3.63) is 29.8 Å². The molecule has 1 aromatic carbocycles. The Bertz CT molecular complexity index is 464. The number of carbonyl (C=O) groups is 1. The fraction of sp³-hybridized carbons (Fsp3) is 0.588. The van der Waals surface area contributed by atoms with Gasteiger partial charge in [0.2, 0.25) is 5.91 Å². The van der Waals surface area contributed by atoms with Crippen LogP contribution in [0.3, 0.4) is 0 Å². The van der Waals surface area contributed by atoms with E-state index < -0.39 is 0 Å². The van der Waals surface area contributed by atoms with Crippen LogP contribution in [0.5, 0.6) is 0 Å². The van der Waals surface area contributed by atoms with E-state index in [9.17, 15) is 4.79 Å². The van der Waals surface area contributed by atoms with Crippen LogP contribution in [0.2, 0.25) is 0 Å². The van der Waals surface area contributed by atoms with Crippen LogP contribution in [0.4, 0.5) is 5.69 Å². The summed E-state index contributed by atoms with van der Waals surface area (Å²) >= 11 is 0. The van der Waals surface area contributed by atoms with Crippen LogP contribution in [0.15, 0.2) is 24.3 Å². The molecule has 3 N–H and O–H groups in total. The molecule has 3 heteroatoms. The molecule has 20 heavy (non-hydrogen) atoms. The first-order valence-corrected chi connectivity index (χ1v) is 7.49. The minimum absolute atomic E-state index is 0.283. The molecule has 0 saturated heterocycles. The van der Waals surface area contributed by atoms with E-state index in [4.69, 9.17) is 5.73 Å². The lowest BCUT2D eigenvalue weighted by molar-refractivity contribution is -0.117. The van der Waals surface area contributed by atoms with Crippen LogP contribution in [-0.4, -0.2) is 11.9 Å². The number of anilines is 1. The average Bonchev–Trinajstić information content (AvgIpc) is 2.34. The fourth-order valence-electron chi connectivity index (χ4n) is 3.30. The molecule has 2 unspecified atom stereocenters. The Kier molecular flexibility index (Phi) is 4.36. The van der Waals surface area contributed by atoms with E-state index in [1.54, 1.807) is 0 Å². The van der Waals surface area contributed by atoms with Crippen molar-refractivity contribution in [2.24, 2.45) is 17.1 Å². The smallest absolute Gasteiger partial charge is 0.221 e. The Hall–Kier alpha value is -1.51. The zero-order valence-corrected chi connectivity index (χ0v) is 12.8. The second kappa shape index (κ2) is 5.86. The molecule has 110 valence electrons. The average molecular weight is 274 g/mol. The van der Waals surface area contributed by atoms with Crippen LogP contribution < -0.4 is 11.1 Å². The van der Waals surface area contributed by atoms with Gasteiger partial charge in [0.15, 0.2) is 0 Å². The van der Waals surface area contributed by atoms with Crippen molar-refractivity contribution >= 4 is 11.6 Å². The zero-order valence-electron chi connectivity index (χ0n) is 12.8. The third-order valence-corrected chi connectivity index (χ3v) is 4.38. The van der Waals surface area contributed by atoms with E-state index in [2.05, 4.69) is 26.1 Å². The second-order valence-corrected chi connectivity index (χ2v) is 6.98. The van der Waals surface area contributed by atoms with Gasteiger partial charge in [-0.1, -0.05) is 32.9 Å². The first-order chi connectivity index (χ1) is 9.35. The van der Waals surface area contributed by atoms with Crippen molar-refractivity contribution in [3.8, 4) is 0 Å². The Labute approximate surface area is 121 Å². The number of amides is 1. The van der Waals surface area contributed by atoms with Crippen LogP contribution in [-0.2, 0) is 11.2 Å². The molecule has 0 radical (unpaired) electrons. The Morgan fingerprint density at radius 1 is 1.35 bits per heavy atom. The van der Waals surface area contributed by atoms with Gasteiger partial charge in [-0.05, 0) is 48.3 Å². The lowest BCUT2D eigenvalue weighted by Gasteiger charge is -2.40. The van der Waals surface area contributed by atoms with Gasteiger partial charge in [-0.25, -0.2) is 0 Å². The normalized spacial score (nSPS) is 25.1. The van der Waals surface area contributed by atoms with E-state index in [1.807, 2.05) is 24.3 Å². The SMILES string of the molecule is CC1CC(C)(C)CCC1Nc1ccc(CC(N)=O)cc1. The van der Waals surface area contributed by atoms with E-state index in [0.717, 1.165) is 11.3 Å².